The van der Waals surface area contributed by atoms with Gasteiger partial charge in [0.15, 0.2) is 22.3 Å². The maximum Gasteiger partial charge on any atom is 0.312 e. The first-order valence-corrected chi connectivity index (χ1v) is 21.6. The van der Waals surface area contributed by atoms with Gasteiger partial charge in [-0.3, -0.25) is 19.2 Å². The predicted molar refractivity (Wildman–Crippen MR) is 236 cm³/mol. The Labute approximate surface area is 369 Å². The number of methoxy groups -OCH3 is 1. The van der Waals surface area contributed by atoms with Gasteiger partial charge in [0, 0.05) is 67.3 Å². The minimum atomic E-state index is -2.03. The molecule has 2 saturated heterocycles. The number of allylic oxidation sites excluding steroid dienone is 2. The van der Waals surface area contributed by atoms with E-state index in [1.54, 1.807) is 44.2 Å². The molecule has 6 heterocycles. The van der Waals surface area contributed by atoms with Crippen LogP contribution in [0.3, 0.4) is 0 Å². The van der Waals surface area contributed by atoms with Gasteiger partial charge in [0.1, 0.15) is 47.0 Å². The van der Waals surface area contributed by atoms with Gasteiger partial charge in [0.25, 0.3) is 11.7 Å². The summed E-state index contributed by atoms with van der Waals surface area (Å²) in [6.45, 7) is 12.7. The summed E-state index contributed by atoms with van der Waals surface area (Å²) in [5, 5.41) is 26.1. The van der Waals surface area contributed by atoms with Gasteiger partial charge >= 0.3 is 11.8 Å². The van der Waals surface area contributed by atoms with Crippen LogP contribution in [0.4, 0.5) is 5.69 Å². The maximum atomic E-state index is 14.7. The average Bonchev–Trinajstić information content (AvgIpc) is 3.90. The average molecular weight is 882 g/mol. The summed E-state index contributed by atoms with van der Waals surface area (Å²) in [6.07, 6.45) is 5.76. The summed E-state index contributed by atoms with van der Waals surface area (Å²) >= 11 is 0. The third kappa shape index (κ3) is 7.79. The summed E-state index contributed by atoms with van der Waals surface area (Å²) in [5.41, 5.74) is -0.267. The van der Waals surface area contributed by atoms with Crippen molar-refractivity contribution < 1.29 is 57.4 Å². The number of carbonyl (C=O) groups is 3. The number of amides is 1. The van der Waals surface area contributed by atoms with Crippen molar-refractivity contribution in [3.8, 4) is 17.2 Å². The van der Waals surface area contributed by atoms with Gasteiger partial charge in [-0.05, 0) is 58.5 Å². The third-order valence-corrected chi connectivity index (χ3v) is 13.3. The summed E-state index contributed by atoms with van der Waals surface area (Å²) < 4.78 is 43.1. The quantitative estimate of drug-likeness (QED) is 0.0878. The van der Waals surface area contributed by atoms with Crippen molar-refractivity contribution in [1.82, 2.24) is 9.88 Å². The molecule has 0 radical (unpaired) electrons. The first-order chi connectivity index (χ1) is 30.4. The van der Waals surface area contributed by atoms with Gasteiger partial charge in [0.05, 0.1) is 35.5 Å². The molecule has 3 aromatic carbocycles. The largest absolute Gasteiger partial charge is 0.505 e. The third-order valence-electron chi connectivity index (χ3n) is 13.3. The van der Waals surface area contributed by atoms with Crippen LogP contribution in [0.1, 0.15) is 70.3 Å². The molecule has 1 amide bonds. The summed E-state index contributed by atoms with van der Waals surface area (Å²) in [6, 6.07) is 5.37. The number of likely N-dealkylation sites (tertiary alicyclic amines) is 1. The molecule has 0 spiro atoms. The smallest absolute Gasteiger partial charge is 0.312 e. The van der Waals surface area contributed by atoms with E-state index in [1.165, 1.54) is 40.2 Å². The van der Waals surface area contributed by atoms with Crippen molar-refractivity contribution in [3.63, 3.8) is 0 Å². The number of ketones is 1. The number of fused-ring (bicyclic) bond motifs is 9. The van der Waals surface area contributed by atoms with Gasteiger partial charge in [-0.25, -0.2) is 4.98 Å². The molecule has 9 rings (SSSR count). The molecule has 0 aliphatic carbocycles. The fourth-order valence-electron chi connectivity index (χ4n) is 9.43. The Morgan fingerprint density at radius 2 is 1.84 bits per heavy atom. The van der Waals surface area contributed by atoms with Crippen molar-refractivity contribution >= 4 is 56.3 Å². The highest BCUT2D eigenvalue weighted by atomic mass is 16.7. The number of Topliss-reactive ketones (excluding diaryl/α,β-unsaturated/α-hetero) is 1. The SMILES string of the molecule is CO[C@H]1/C=C/O[C@@]2(C)Oc3c(C)c(=O)c4c(O)c(c5oc6cc(OCC7CCCN7C)ccc6nc5c4c3C2=O)NC(=O)/C(C)=C\C=C\[C@H](C)[C@@H]2O[C@H]([C@H](O)[C@@H]2C)[C@H](OC(C)=O)[C@@H]1C. The van der Waals surface area contributed by atoms with E-state index >= 15 is 0 Å². The predicted octanol–water partition coefficient (Wildman–Crippen LogP) is 6.24. The highest BCUT2D eigenvalue weighted by Crippen LogP contribution is 2.48. The molecule has 16 heteroatoms. The van der Waals surface area contributed by atoms with Crippen molar-refractivity contribution in [2.75, 3.05) is 32.6 Å². The number of esters is 1. The lowest BCUT2D eigenvalue weighted by Crippen LogP contribution is -2.46. The number of carbonyl (C=O) groups excluding carboxylic acids is 3. The molecule has 1 aromatic heterocycles. The first-order valence-electron chi connectivity index (χ1n) is 21.6. The number of hydrogen-bond acceptors (Lipinski definition) is 15. The van der Waals surface area contributed by atoms with Crippen LogP contribution in [0.2, 0.25) is 0 Å². The van der Waals surface area contributed by atoms with Crippen LogP contribution in [-0.2, 0) is 28.5 Å². The van der Waals surface area contributed by atoms with Gasteiger partial charge in [0.2, 0.25) is 0 Å². The normalized spacial score (nSPS) is 31.8. The van der Waals surface area contributed by atoms with Gasteiger partial charge in [-0.1, -0.05) is 39.0 Å². The molecule has 5 aliphatic heterocycles. The second-order valence-electron chi connectivity index (χ2n) is 17.7. The molecule has 64 heavy (non-hydrogen) atoms. The Balaban J connectivity index is 1.30. The van der Waals surface area contributed by atoms with Crippen molar-refractivity contribution in [3.05, 3.63) is 75.7 Å². The number of ether oxygens (including phenoxy) is 6. The number of aliphatic hydroxyl groups is 1. The fourth-order valence-corrected chi connectivity index (χ4v) is 9.43. The van der Waals surface area contributed by atoms with Crippen LogP contribution in [0.25, 0.3) is 33.0 Å². The van der Waals surface area contributed by atoms with Crippen LogP contribution in [0, 0.1) is 24.7 Å². The number of nitrogens with one attached hydrogen (secondary N) is 1. The van der Waals surface area contributed by atoms with E-state index in [-0.39, 0.29) is 73.5 Å². The highest BCUT2D eigenvalue weighted by molar-refractivity contribution is 6.26. The molecule has 16 nitrogen and oxygen atoms in total. The van der Waals surface area contributed by atoms with Gasteiger partial charge in [-0.2, -0.15) is 0 Å². The van der Waals surface area contributed by atoms with Crippen LogP contribution >= 0.6 is 0 Å². The summed E-state index contributed by atoms with van der Waals surface area (Å²) in [5.74, 6) is -5.41. The number of rotatable bonds is 5. The van der Waals surface area contributed by atoms with E-state index in [1.807, 2.05) is 19.9 Å². The lowest BCUT2D eigenvalue weighted by Gasteiger charge is -2.33. The monoisotopic (exact) mass is 881 g/mol. The molecule has 340 valence electrons. The highest BCUT2D eigenvalue weighted by Gasteiger charge is 2.51. The second kappa shape index (κ2) is 17.3. The number of hydrogen-bond donors (Lipinski definition) is 3. The number of aromatic nitrogens is 1. The molecule has 0 saturated carbocycles. The van der Waals surface area contributed by atoms with Gasteiger partial charge < -0.3 is 53.3 Å². The number of likely N-dealkylation sites (N-methyl/N-ethyl adjacent to an activating group) is 1. The minimum absolute atomic E-state index is 0.00608. The molecule has 2 fully saturated rings. The Morgan fingerprint density at radius 3 is 2.55 bits per heavy atom. The zero-order chi connectivity index (χ0) is 45.9. The zero-order valence-electron chi connectivity index (χ0n) is 37.4. The number of nitrogens with zero attached hydrogens (tertiary/aromatic N) is 2. The standard InChI is InChI=1S/C48H55N3O13/c1-22-12-10-13-23(2)47(57)50-37-40(55)34-33(36-44(37)62-32-20-29(15-16-30(32)49-36)59-21-28-14-11-18-51(28)8)35-42(25(4)38(34)53)64-48(7,46(35)56)60-19-17-31(58-9)24(3)43(61-27(6)52)45-39(54)26(5)41(22)63-45/h10,12-13,15-17,19-20,22,24,26,28,31,39,41,43,45,54-55H,11,14,18,21H2,1-9H3,(H,50,57)/b12-10+,19-17+,23-13-/t22-,24+,26-,28?,31-,39+,41-,43+,45+,48-/m0/s1. The minimum Gasteiger partial charge on any atom is -0.505 e. The van der Waals surface area contributed by atoms with Gasteiger partial charge in [-0.15, -0.1) is 0 Å². The maximum absolute atomic E-state index is 14.7. The molecular formula is C48H55N3O13. The van der Waals surface area contributed by atoms with E-state index < -0.39 is 71.1 Å². The number of aliphatic hydroxyl groups excluding tert-OH is 1. The number of phenols is 1. The van der Waals surface area contributed by atoms with Crippen LogP contribution in [0.5, 0.6) is 17.2 Å². The van der Waals surface area contributed by atoms with Crippen LogP contribution < -0.4 is 20.2 Å². The number of anilines is 1. The van der Waals surface area contributed by atoms with E-state index in [4.69, 9.17) is 37.8 Å². The Kier molecular flexibility index (Phi) is 12.1. The molecule has 3 N–H and O–H groups in total. The topological polar surface area (TPSA) is 205 Å². The molecule has 5 aliphatic rings. The first kappa shape index (κ1) is 44.8. The van der Waals surface area contributed by atoms with E-state index in [2.05, 4.69) is 17.3 Å². The fraction of sp³-hybridized carbons (Fsp3) is 0.479. The van der Waals surface area contributed by atoms with Crippen molar-refractivity contribution in [2.45, 2.75) is 104 Å². The lowest BCUT2D eigenvalue weighted by molar-refractivity contribution is -0.168. The Bertz CT molecular complexity index is 2710. The van der Waals surface area contributed by atoms with Crippen molar-refractivity contribution in [2.24, 2.45) is 17.8 Å². The molecule has 1 unspecified atom stereocenters. The number of phenolic OH excluding ortho intramolecular Hbond substituents is 1. The van der Waals surface area contributed by atoms with E-state index in [9.17, 15) is 29.4 Å². The molecule has 7 bridgehead atoms. The van der Waals surface area contributed by atoms with E-state index in [0.29, 0.717) is 17.9 Å². The Morgan fingerprint density at radius 1 is 1.08 bits per heavy atom. The molecular weight excluding hydrogens is 827 g/mol. The summed E-state index contributed by atoms with van der Waals surface area (Å²) in [4.78, 5) is 62.7. The zero-order valence-corrected chi connectivity index (χ0v) is 37.4. The second-order valence-corrected chi connectivity index (χ2v) is 17.7. The lowest BCUT2D eigenvalue weighted by atomic mass is 9.86. The number of benzene rings is 3. The van der Waals surface area contributed by atoms with E-state index in [0.717, 1.165) is 19.4 Å². The Hall–Kier alpha value is -5.81. The van der Waals surface area contributed by atoms with Crippen LogP contribution in [-0.4, -0.2) is 107 Å². The van der Waals surface area contributed by atoms with Crippen molar-refractivity contribution in [1.29, 1.82) is 0 Å². The molecule has 4 aromatic rings. The molecule has 10 atom stereocenters. The number of aromatic hydroxyl groups is 1. The van der Waals surface area contributed by atoms with Crippen LogP contribution in [0.15, 0.2) is 63.6 Å². The summed E-state index contributed by atoms with van der Waals surface area (Å²) in [7, 11) is 3.52.